The van der Waals surface area contributed by atoms with Crippen LogP contribution >= 0.6 is 11.6 Å². The van der Waals surface area contributed by atoms with Crippen LogP contribution in [-0.4, -0.2) is 29.6 Å². The maximum atomic E-state index is 11.8. The van der Waals surface area contributed by atoms with Gasteiger partial charge in [-0.15, -0.1) is 0 Å². The minimum Gasteiger partial charge on any atom is -0.480 e. The van der Waals surface area contributed by atoms with Crippen LogP contribution in [0.15, 0.2) is 48.5 Å². The molecule has 0 aliphatic heterocycles. The number of hydrogen-bond donors (Lipinski definition) is 1. The van der Waals surface area contributed by atoms with Gasteiger partial charge < -0.3 is 14.6 Å². The summed E-state index contributed by atoms with van der Waals surface area (Å²) in [4.78, 5) is 34.2. The number of hydrogen-bond acceptors (Lipinski definition) is 5. The molecule has 2 aromatic rings. The Morgan fingerprint density at radius 1 is 1.00 bits per heavy atom. The molecule has 0 aromatic heterocycles. The van der Waals surface area contributed by atoms with Crippen molar-refractivity contribution in [3.63, 3.8) is 0 Å². The number of benzene rings is 2. The fraction of sp³-hybridized carbons (Fsp3) is 0.0625. The Morgan fingerprint density at radius 2 is 1.70 bits per heavy atom. The molecule has 0 aliphatic rings. The average Bonchev–Trinajstić information content (AvgIpc) is 2.54. The fourth-order valence-corrected chi connectivity index (χ4v) is 1.86. The number of aromatic carboxylic acids is 1. The van der Waals surface area contributed by atoms with Crippen molar-refractivity contribution < 1.29 is 29.0 Å². The van der Waals surface area contributed by atoms with E-state index in [-0.39, 0.29) is 16.9 Å². The van der Waals surface area contributed by atoms with E-state index in [1.807, 2.05) is 0 Å². The van der Waals surface area contributed by atoms with Gasteiger partial charge in [-0.25, -0.2) is 14.4 Å². The molecule has 23 heavy (non-hydrogen) atoms. The molecule has 0 saturated heterocycles. The quantitative estimate of drug-likeness (QED) is 0.668. The number of para-hydroxylation sites is 1. The maximum absolute atomic E-state index is 11.8. The molecule has 0 spiro atoms. The third kappa shape index (κ3) is 4.55. The number of carbonyl (C=O) groups is 3. The summed E-state index contributed by atoms with van der Waals surface area (Å²) in [6.45, 7) is -0.506. The first-order valence-corrected chi connectivity index (χ1v) is 6.81. The highest BCUT2D eigenvalue weighted by molar-refractivity contribution is 6.32. The van der Waals surface area contributed by atoms with E-state index in [4.69, 9.17) is 21.4 Å². The van der Waals surface area contributed by atoms with Gasteiger partial charge in [-0.3, -0.25) is 0 Å². The topological polar surface area (TPSA) is 89.9 Å². The summed E-state index contributed by atoms with van der Waals surface area (Å²) in [5, 5.41) is 9.18. The normalized spacial score (nSPS) is 9.96. The van der Waals surface area contributed by atoms with E-state index in [9.17, 15) is 14.4 Å². The second kappa shape index (κ2) is 7.42. The summed E-state index contributed by atoms with van der Waals surface area (Å²) < 4.78 is 9.74. The summed E-state index contributed by atoms with van der Waals surface area (Å²) in [6.07, 6.45) is 0. The largest absolute Gasteiger partial charge is 0.480 e. The second-order valence-corrected chi connectivity index (χ2v) is 4.77. The predicted molar refractivity (Wildman–Crippen MR) is 80.8 cm³/mol. The van der Waals surface area contributed by atoms with Gasteiger partial charge in [0.25, 0.3) is 0 Å². The summed E-state index contributed by atoms with van der Waals surface area (Å²) in [6, 6.07) is 11.7. The average molecular weight is 335 g/mol. The van der Waals surface area contributed by atoms with Gasteiger partial charge in [0, 0.05) is 0 Å². The van der Waals surface area contributed by atoms with Crippen LogP contribution in [0, 0.1) is 0 Å². The van der Waals surface area contributed by atoms with E-state index < -0.39 is 24.5 Å². The first kappa shape index (κ1) is 16.5. The van der Waals surface area contributed by atoms with E-state index in [0.29, 0.717) is 5.02 Å². The Kier molecular flexibility index (Phi) is 5.32. The molecule has 0 saturated carbocycles. The number of esters is 2. The highest BCUT2D eigenvalue weighted by atomic mass is 35.5. The van der Waals surface area contributed by atoms with E-state index in [1.165, 1.54) is 18.2 Å². The smallest absolute Gasteiger partial charge is 0.352 e. The van der Waals surface area contributed by atoms with Crippen molar-refractivity contribution in [3.05, 3.63) is 64.7 Å². The highest BCUT2D eigenvalue weighted by Crippen LogP contribution is 2.22. The molecule has 2 rings (SSSR count). The van der Waals surface area contributed by atoms with Crippen molar-refractivity contribution in [1.82, 2.24) is 0 Å². The molecule has 6 nitrogen and oxygen atoms in total. The molecule has 2 aromatic carbocycles. The molecule has 1 N–H and O–H groups in total. The summed E-state index contributed by atoms with van der Waals surface area (Å²) in [7, 11) is 0. The van der Waals surface area contributed by atoms with Gasteiger partial charge in [0.15, 0.2) is 6.61 Å². The molecule has 0 atom stereocenters. The van der Waals surface area contributed by atoms with Crippen LogP contribution in [0.2, 0.25) is 5.02 Å². The van der Waals surface area contributed by atoms with Crippen molar-refractivity contribution in [3.8, 4) is 5.75 Å². The van der Waals surface area contributed by atoms with Gasteiger partial charge in [0.05, 0.1) is 16.1 Å². The summed E-state index contributed by atoms with van der Waals surface area (Å²) in [5.74, 6) is -2.78. The van der Waals surface area contributed by atoms with E-state index in [2.05, 4.69) is 4.74 Å². The Labute approximate surface area is 136 Å². The molecular formula is C16H11ClO6. The van der Waals surface area contributed by atoms with Gasteiger partial charge >= 0.3 is 17.9 Å². The third-order valence-corrected chi connectivity index (χ3v) is 3.05. The molecular weight excluding hydrogens is 324 g/mol. The van der Waals surface area contributed by atoms with Crippen LogP contribution in [0.3, 0.4) is 0 Å². The monoisotopic (exact) mass is 334 g/mol. The zero-order valence-corrected chi connectivity index (χ0v) is 12.4. The Morgan fingerprint density at radius 3 is 2.39 bits per heavy atom. The van der Waals surface area contributed by atoms with Crippen LogP contribution in [0.25, 0.3) is 0 Å². The molecule has 118 valence electrons. The highest BCUT2D eigenvalue weighted by Gasteiger charge is 2.15. The zero-order valence-electron chi connectivity index (χ0n) is 11.7. The van der Waals surface area contributed by atoms with Gasteiger partial charge in [-0.05, 0) is 30.3 Å². The minimum atomic E-state index is -1.19. The van der Waals surface area contributed by atoms with E-state index in [0.717, 1.165) is 6.07 Å². The number of carboxylic acids is 1. The van der Waals surface area contributed by atoms with E-state index >= 15 is 0 Å². The van der Waals surface area contributed by atoms with Crippen molar-refractivity contribution in [2.45, 2.75) is 0 Å². The Hall–Kier alpha value is -2.86. The lowest BCUT2D eigenvalue weighted by molar-refractivity contribution is -0.140. The first-order valence-electron chi connectivity index (χ1n) is 6.43. The van der Waals surface area contributed by atoms with Crippen molar-refractivity contribution in [1.29, 1.82) is 0 Å². The molecule has 0 bridgehead atoms. The lowest BCUT2D eigenvalue weighted by atomic mass is 10.1. The summed E-state index contributed by atoms with van der Waals surface area (Å²) >= 11 is 5.86. The van der Waals surface area contributed by atoms with Crippen LogP contribution in [-0.2, 0) is 9.53 Å². The molecule has 0 fully saturated rings. The molecule has 0 aliphatic carbocycles. The number of halogens is 1. The van der Waals surface area contributed by atoms with Crippen LogP contribution in [0.1, 0.15) is 20.7 Å². The van der Waals surface area contributed by atoms with Crippen LogP contribution < -0.4 is 4.74 Å². The van der Waals surface area contributed by atoms with Gasteiger partial charge in [-0.2, -0.15) is 0 Å². The second-order valence-electron chi connectivity index (χ2n) is 4.37. The van der Waals surface area contributed by atoms with Crippen molar-refractivity contribution in [2.75, 3.05) is 6.61 Å². The molecule has 0 amide bonds. The zero-order chi connectivity index (χ0) is 16.8. The minimum absolute atomic E-state index is 0.0454. The standard InChI is InChI=1S/C16H11ClO6/c17-12-6-1-2-7-13(12)22-9-14(18)23-16(21)11-5-3-4-10(8-11)15(19)20/h1-8H,9H2,(H,19,20). The molecule has 0 radical (unpaired) electrons. The van der Waals surface area contributed by atoms with Gasteiger partial charge in [0.1, 0.15) is 5.75 Å². The lowest BCUT2D eigenvalue weighted by Crippen LogP contribution is -2.19. The van der Waals surface area contributed by atoms with Gasteiger partial charge in [0.2, 0.25) is 0 Å². The molecule has 7 heteroatoms. The number of carbonyl (C=O) groups excluding carboxylic acids is 2. The van der Waals surface area contributed by atoms with Crippen molar-refractivity contribution in [2.24, 2.45) is 0 Å². The Balaban J connectivity index is 1.95. The van der Waals surface area contributed by atoms with Gasteiger partial charge in [-0.1, -0.05) is 29.8 Å². The van der Waals surface area contributed by atoms with Crippen LogP contribution in [0.4, 0.5) is 0 Å². The first-order chi connectivity index (χ1) is 11.0. The lowest BCUT2D eigenvalue weighted by Gasteiger charge is -2.07. The fourth-order valence-electron chi connectivity index (χ4n) is 1.67. The SMILES string of the molecule is O=C(COc1ccccc1Cl)OC(=O)c1cccc(C(=O)O)c1. The Bertz CT molecular complexity index is 756. The summed E-state index contributed by atoms with van der Waals surface area (Å²) in [5.41, 5.74) is -0.129. The number of ether oxygens (including phenoxy) is 2. The molecule has 0 unspecified atom stereocenters. The maximum Gasteiger partial charge on any atom is 0.352 e. The van der Waals surface area contributed by atoms with E-state index in [1.54, 1.807) is 24.3 Å². The van der Waals surface area contributed by atoms with Crippen LogP contribution in [0.5, 0.6) is 5.75 Å². The number of carboxylic acid groups (broad SMARTS) is 1. The van der Waals surface area contributed by atoms with Crippen molar-refractivity contribution >= 4 is 29.5 Å². The number of rotatable bonds is 5. The third-order valence-electron chi connectivity index (χ3n) is 2.73. The molecule has 0 heterocycles. The predicted octanol–water partition coefficient (Wildman–Crippen LogP) is 2.80.